The number of likely N-dealkylation sites (tertiary alicyclic amines) is 1. The lowest BCUT2D eigenvalue weighted by molar-refractivity contribution is -0.128. The molecule has 0 aliphatic carbocycles. The van der Waals surface area contributed by atoms with E-state index < -0.39 is 0 Å². The number of rotatable bonds is 6. The maximum Gasteiger partial charge on any atom is 0.229 e. The average molecular weight is 392 g/mol. The highest BCUT2D eigenvalue weighted by atomic mass is 16.2. The van der Waals surface area contributed by atoms with Gasteiger partial charge in [0.05, 0.1) is 5.92 Å². The highest BCUT2D eigenvalue weighted by Gasteiger charge is 2.34. The summed E-state index contributed by atoms with van der Waals surface area (Å²) in [6.45, 7) is 5.47. The van der Waals surface area contributed by atoms with E-state index in [9.17, 15) is 9.59 Å². The minimum atomic E-state index is -0.281. The molecular weight excluding hydrogens is 362 g/mol. The number of nitrogens with one attached hydrogen (secondary N) is 1. The first kappa shape index (κ1) is 19.5. The number of carbonyl (C=O) groups is 2. The van der Waals surface area contributed by atoms with Gasteiger partial charge < -0.3 is 15.1 Å². The molecule has 1 atom stereocenters. The summed E-state index contributed by atoms with van der Waals surface area (Å²) in [5.41, 5.74) is 4.45. The fraction of sp³-hybridized carbons (Fsp3) is 0.417. The van der Waals surface area contributed by atoms with Gasteiger partial charge in [-0.05, 0) is 55.5 Å². The number of nitrogens with zero attached hydrogens (tertiary/aromatic N) is 2. The third kappa shape index (κ3) is 4.61. The highest BCUT2D eigenvalue weighted by Crippen LogP contribution is 2.27. The first-order valence-electron chi connectivity index (χ1n) is 10.6. The summed E-state index contributed by atoms with van der Waals surface area (Å²) in [7, 11) is 0. The molecule has 2 aliphatic rings. The zero-order valence-electron chi connectivity index (χ0n) is 17.1. The molecular formula is C24H29N3O2. The number of carbonyl (C=O) groups excluding carboxylic acids is 2. The van der Waals surface area contributed by atoms with Crippen molar-refractivity contribution < 1.29 is 9.59 Å². The Morgan fingerprint density at radius 1 is 1.10 bits per heavy atom. The molecule has 2 fully saturated rings. The van der Waals surface area contributed by atoms with Gasteiger partial charge >= 0.3 is 0 Å². The van der Waals surface area contributed by atoms with Crippen molar-refractivity contribution in [3.63, 3.8) is 0 Å². The molecule has 0 radical (unpaired) electrons. The number of aryl methyl sites for hydroxylation is 1. The summed E-state index contributed by atoms with van der Waals surface area (Å²) in [6.07, 6.45) is 3.60. The molecule has 152 valence electrons. The zero-order chi connectivity index (χ0) is 20.2. The van der Waals surface area contributed by atoms with E-state index in [0.717, 1.165) is 25.2 Å². The Morgan fingerprint density at radius 3 is 2.59 bits per heavy atom. The van der Waals surface area contributed by atoms with Crippen molar-refractivity contribution in [2.24, 2.45) is 5.92 Å². The van der Waals surface area contributed by atoms with E-state index in [1.165, 1.54) is 29.7 Å². The van der Waals surface area contributed by atoms with Gasteiger partial charge in [0.15, 0.2) is 0 Å². The van der Waals surface area contributed by atoms with Crippen LogP contribution in [0.25, 0.3) is 0 Å². The van der Waals surface area contributed by atoms with Crippen molar-refractivity contribution in [2.75, 3.05) is 36.4 Å². The number of anilines is 2. The topological polar surface area (TPSA) is 52.7 Å². The quantitative estimate of drug-likeness (QED) is 0.818. The Morgan fingerprint density at radius 2 is 1.86 bits per heavy atom. The van der Waals surface area contributed by atoms with Crippen LogP contribution in [0.5, 0.6) is 0 Å². The van der Waals surface area contributed by atoms with Crippen LogP contribution in [-0.2, 0) is 16.0 Å². The minimum Gasteiger partial charge on any atom is -0.371 e. The van der Waals surface area contributed by atoms with Crippen LogP contribution in [0, 0.1) is 12.8 Å². The van der Waals surface area contributed by atoms with Crippen LogP contribution in [-0.4, -0.2) is 42.9 Å². The molecule has 0 unspecified atom stereocenters. The van der Waals surface area contributed by atoms with Crippen LogP contribution in [0.15, 0.2) is 48.5 Å². The van der Waals surface area contributed by atoms with Gasteiger partial charge in [0, 0.05) is 44.0 Å². The smallest absolute Gasteiger partial charge is 0.229 e. The molecule has 2 saturated heterocycles. The van der Waals surface area contributed by atoms with E-state index in [1.54, 1.807) is 0 Å². The second kappa shape index (κ2) is 8.68. The molecule has 2 amide bonds. The summed E-state index contributed by atoms with van der Waals surface area (Å²) in [6, 6.07) is 16.3. The molecule has 0 spiro atoms. The molecule has 5 nitrogen and oxygen atoms in total. The van der Waals surface area contributed by atoms with E-state index in [1.807, 2.05) is 35.2 Å². The Labute approximate surface area is 172 Å². The maximum absolute atomic E-state index is 12.7. The SMILES string of the molecule is Cc1cc(NC(=O)[C@@H]2CC(=O)N(CCc3ccccc3)C2)ccc1N1CCCC1. The van der Waals surface area contributed by atoms with E-state index >= 15 is 0 Å². The molecule has 2 aliphatic heterocycles. The molecule has 2 aromatic rings. The van der Waals surface area contributed by atoms with Crippen LogP contribution in [0.2, 0.25) is 0 Å². The number of hydrogen-bond donors (Lipinski definition) is 1. The predicted molar refractivity (Wildman–Crippen MR) is 116 cm³/mol. The van der Waals surface area contributed by atoms with Crippen LogP contribution >= 0.6 is 0 Å². The highest BCUT2D eigenvalue weighted by molar-refractivity contribution is 5.97. The lowest BCUT2D eigenvalue weighted by Crippen LogP contribution is -2.30. The lowest BCUT2D eigenvalue weighted by Gasteiger charge is -2.21. The summed E-state index contributed by atoms with van der Waals surface area (Å²) in [5, 5.41) is 3.02. The molecule has 0 bridgehead atoms. The number of amides is 2. The monoisotopic (exact) mass is 391 g/mol. The zero-order valence-corrected chi connectivity index (χ0v) is 17.1. The number of hydrogen-bond acceptors (Lipinski definition) is 3. The van der Waals surface area contributed by atoms with Crippen molar-refractivity contribution in [1.82, 2.24) is 4.90 Å². The lowest BCUT2D eigenvalue weighted by atomic mass is 10.1. The molecule has 0 aromatic heterocycles. The van der Waals surface area contributed by atoms with Crippen molar-refractivity contribution >= 4 is 23.2 Å². The van der Waals surface area contributed by atoms with Gasteiger partial charge in [0.2, 0.25) is 11.8 Å². The first-order valence-corrected chi connectivity index (χ1v) is 10.6. The Balaban J connectivity index is 1.33. The second-order valence-electron chi connectivity index (χ2n) is 8.16. The van der Waals surface area contributed by atoms with Crippen LogP contribution in [0.1, 0.15) is 30.4 Å². The van der Waals surface area contributed by atoms with E-state index in [0.29, 0.717) is 19.5 Å². The molecule has 2 heterocycles. The first-order chi connectivity index (χ1) is 14.1. The molecule has 5 heteroatoms. The Bertz CT molecular complexity index is 875. The van der Waals surface area contributed by atoms with Gasteiger partial charge in [-0.2, -0.15) is 0 Å². The summed E-state index contributed by atoms with van der Waals surface area (Å²) >= 11 is 0. The van der Waals surface area contributed by atoms with E-state index in [2.05, 4.69) is 35.3 Å². The largest absolute Gasteiger partial charge is 0.371 e. The average Bonchev–Trinajstić information content (AvgIpc) is 3.37. The van der Waals surface area contributed by atoms with Crippen molar-refractivity contribution in [3.8, 4) is 0 Å². The molecule has 29 heavy (non-hydrogen) atoms. The van der Waals surface area contributed by atoms with E-state index in [-0.39, 0.29) is 17.7 Å². The fourth-order valence-electron chi connectivity index (χ4n) is 4.36. The number of benzene rings is 2. The Hall–Kier alpha value is -2.82. The summed E-state index contributed by atoms with van der Waals surface area (Å²) in [5.74, 6) is -0.271. The van der Waals surface area contributed by atoms with Crippen molar-refractivity contribution in [2.45, 2.75) is 32.6 Å². The molecule has 2 aromatic carbocycles. The standard InChI is InChI=1S/C24H29N3O2/c1-18-15-21(9-10-22(18)26-12-5-6-13-26)25-24(29)20-16-23(28)27(17-20)14-11-19-7-3-2-4-8-19/h2-4,7-10,15,20H,5-6,11-14,16-17H2,1H3,(H,25,29)/t20-/m1/s1. The van der Waals surface area contributed by atoms with Gasteiger partial charge in [-0.25, -0.2) is 0 Å². The van der Waals surface area contributed by atoms with Gasteiger partial charge in [0.25, 0.3) is 0 Å². The third-order valence-corrected chi connectivity index (χ3v) is 6.01. The predicted octanol–water partition coefficient (Wildman–Crippen LogP) is 3.62. The second-order valence-corrected chi connectivity index (χ2v) is 8.16. The van der Waals surface area contributed by atoms with Gasteiger partial charge in [-0.1, -0.05) is 30.3 Å². The normalized spacial score (nSPS) is 19.1. The minimum absolute atomic E-state index is 0.0612. The maximum atomic E-state index is 12.7. The Kier molecular flexibility index (Phi) is 5.84. The van der Waals surface area contributed by atoms with Gasteiger partial charge in [0.1, 0.15) is 0 Å². The fourth-order valence-corrected chi connectivity index (χ4v) is 4.36. The van der Waals surface area contributed by atoms with Gasteiger partial charge in [-0.15, -0.1) is 0 Å². The van der Waals surface area contributed by atoms with Crippen molar-refractivity contribution in [1.29, 1.82) is 0 Å². The van der Waals surface area contributed by atoms with E-state index in [4.69, 9.17) is 0 Å². The van der Waals surface area contributed by atoms with Crippen LogP contribution in [0.4, 0.5) is 11.4 Å². The summed E-state index contributed by atoms with van der Waals surface area (Å²) in [4.78, 5) is 29.3. The molecule has 0 saturated carbocycles. The molecule has 1 N–H and O–H groups in total. The van der Waals surface area contributed by atoms with Crippen LogP contribution in [0.3, 0.4) is 0 Å². The summed E-state index contributed by atoms with van der Waals surface area (Å²) < 4.78 is 0. The van der Waals surface area contributed by atoms with Gasteiger partial charge in [-0.3, -0.25) is 9.59 Å². The molecule has 4 rings (SSSR count). The third-order valence-electron chi connectivity index (χ3n) is 6.01. The van der Waals surface area contributed by atoms with Crippen molar-refractivity contribution in [3.05, 3.63) is 59.7 Å². The van der Waals surface area contributed by atoms with Crippen LogP contribution < -0.4 is 10.2 Å².